The Balaban J connectivity index is 1.73. The molecule has 0 bridgehead atoms. The maximum atomic E-state index is 12.8. The average molecular weight is 474 g/mol. The van der Waals surface area contributed by atoms with Crippen LogP contribution in [-0.2, 0) is 16.1 Å². The van der Waals surface area contributed by atoms with Gasteiger partial charge in [-0.3, -0.25) is 10.1 Å². The van der Waals surface area contributed by atoms with E-state index in [-0.39, 0.29) is 11.5 Å². The Bertz CT molecular complexity index is 1100. The van der Waals surface area contributed by atoms with E-state index in [4.69, 9.17) is 21.1 Å². The molecule has 1 aromatic heterocycles. The summed E-state index contributed by atoms with van der Waals surface area (Å²) in [5.41, 5.74) is 0.879. The molecule has 8 nitrogen and oxygen atoms in total. The zero-order valence-electron chi connectivity index (χ0n) is 17.3. The third-order valence-corrected chi connectivity index (χ3v) is 5.59. The Morgan fingerprint density at radius 3 is 2.44 bits per heavy atom. The number of imide groups is 1. The number of ether oxygens (including phenoxy) is 2. The van der Waals surface area contributed by atoms with Gasteiger partial charge < -0.3 is 14.8 Å². The number of carbonyl (C=O) groups excluding carboxylic acids is 3. The fourth-order valence-corrected chi connectivity index (χ4v) is 3.67. The first-order valence-corrected chi connectivity index (χ1v) is 10.7. The van der Waals surface area contributed by atoms with Gasteiger partial charge in [0.15, 0.2) is 0 Å². The third kappa shape index (κ3) is 6.05. The number of nitrogens with one attached hydrogen (secondary N) is 2. The van der Waals surface area contributed by atoms with Gasteiger partial charge in [0, 0.05) is 17.6 Å². The van der Waals surface area contributed by atoms with Crippen LogP contribution in [0.4, 0.5) is 4.79 Å². The second-order valence-corrected chi connectivity index (χ2v) is 8.05. The Morgan fingerprint density at radius 1 is 1.09 bits per heavy atom. The smallest absolute Gasteiger partial charge is 0.351 e. The van der Waals surface area contributed by atoms with Crippen LogP contribution in [0.15, 0.2) is 54.6 Å². The van der Waals surface area contributed by atoms with E-state index in [1.54, 1.807) is 61.5 Å². The zero-order valence-corrected chi connectivity index (χ0v) is 18.8. The highest BCUT2D eigenvalue weighted by Crippen LogP contribution is 2.25. The molecule has 1 heterocycles. The zero-order chi connectivity index (χ0) is 23.1. The molecule has 0 fully saturated rings. The van der Waals surface area contributed by atoms with Crippen molar-refractivity contribution in [2.75, 3.05) is 7.05 Å². The summed E-state index contributed by atoms with van der Waals surface area (Å²) in [4.78, 5) is 41.6. The normalized spacial score (nSPS) is 11.3. The Labute approximate surface area is 193 Å². The largest absolute Gasteiger partial charge is 0.486 e. The lowest BCUT2D eigenvalue weighted by Crippen LogP contribution is -2.41. The molecular weight excluding hydrogens is 454 g/mol. The molecule has 10 heteroatoms. The number of urea groups is 1. The number of rotatable bonds is 7. The minimum absolute atomic E-state index is 0.152. The number of hydrogen-bond donors (Lipinski definition) is 2. The van der Waals surface area contributed by atoms with E-state index in [9.17, 15) is 14.4 Å². The van der Waals surface area contributed by atoms with Crippen molar-refractivity contribution in [3.63, 3.8) is 0 Å². The topological polar surface area (TPSA) is 107 Å². The number of nitrogens with zero attached hydrogens (tertiary/aromatic N) is 1. The Morgan fingerprint density at radius 2 is 1.78 bits per heavy atom. The number of hydrogen-bond acceptors (Lipinski definition) is 7. The van der Waals surface area contributed by atoms with Crippen molar-refractivity contribution in [1.82, 2.24) is 15.6 Å². The molecule has 2 aromatic carbocycles. The molecule has 0 spiro atoms. The number of aryl methyl sites for hydroxylation is 1. The standard InChI is InChI=1S/C22H20ClN3O5S/c1-13-19(32-17(25-13)12-30-16-10-8-15(23)9-11-16)21(28)31-18(14-6-4-3-5-7-14)20(27)26-22(29)24-2/h3-11,18H,12H2,1-2H3,(H2,24,26,27,29). The lowest BCUT2D eigenvalue weighted by molar-refractivity contribution is -0.129. The highest BCUT2D eigenvalue weighted by atomic mass is 35.5. The molecule has 0 saturated heterocycles. The molecular formula is C22H20ClN3O5S. The molecule has 32 heavy (non-hydrogen) atoms. The second kappa shape index (κ2) is 10.7. The quantitative estimate of drug-likeness (QED) is 0.501. The van der Waals surface area contributed by atoms with Crippen molar-refractivity contribution in [2.24, 2.45) is 0 Å². The van der Waals surface area contributed by atoms with Crippen molar-refractivity contribution in [3.05, 3.63) is 80.8 Å². The molecule has 1 atom stereocenters. The fourth-order valence-electron chi connectivity index (χ4n) is 2.68. The van der Waals surface area contributed by atoms with Crippen LogP contribution in [-0.4, -0.2) is 29.9 Å². The summed E-state index contributed by atoms with van der Waals surface area (Å²) < 4.78 is 11.2. The second-order valence-electron chi connectivity index (χ2n) is 6.53. The van der Waals surface area contributed by atoms with Gasteiger partial charge >= 0.3 is 12.0 Å². The molecule has 3 amide bonds. The maximum absolute atomic E-state index is 12.8. The molecule has 3 rings (SSSR count). The number of esters is 1. The van der Waals surface area contributed by atoms with Crippen LogP contribution in [0.2, 0.25) is 5.02 Å². The third-order valence-electron chi connectivity index (χ3n) is 4.23. The average Bonchev–Trinajstić information content (AvgIpc) is 3.18. The molecule has 166 valence electrons. The minimum Gasteiger partial charge on any atom is -0.486 e. The molecule has 0 aliphatic heterocycles. The van der Waals surface area contributed by atoms with Gasteiger partial charge in [-0.15, -0.1) is 11.3 Å². The van der Waals surface area contributed by atoms with Gasteiger partial charge in [-0.2, -0.15) is 0 Å². The van der Waals surface area contributed by atoms with Gasteiger partial charge in [0.05, 0.1) is 5.69 Å². The van der Waals surface area contributed by atoms with Gasteiger partial charge in [0.25, 0.3) is 5.91 Å². The van der Waals surface area contributed by atoms with Gasteiger partial charge in [-0.05, 0) is 31.2 Å². The Kier molecular flexibility index (Phi) is 7.80. The van der Waals surface area contributed by atoms with E-state index in [2.05, 4.69) is 15.6 Å². The molecule has 0 radical (unpaired) electrons. The van der Waals surface area contributed by atoms with E-state index in [0.29, 0.717) is 27.0 Å². The van der Waals surface area contributed by atoms with Crippen molar-refractivity contribution >= 4 is 40.8 Å². The van der Waals surface area contributed by atoms with Gasteiger partial charge in [-0.25, -0.2) is 14.6 Å². The summed E-state index contributed by atoms with van der Waals surface area (Å²) in [6, 6.07) is 14.6. The van der Waals surface area contributed by atoms with Crippen molar-refractivity contribution in [1.29, 1.82) is 0 Å². The van der Waals surface area contributed by atoms with Crippen LogP contribution in [0.25, 0.3) is 0 Å². The summed E-state index contributed by atoms with van der Waals surface area (Å²) in [6.07, 6.45) is -1.31. The number of thiazole rings is 1. The van der Waals surface area contributed by atoms with Crippen LogP contribution in [0.3, 0.4) is 0 Å². The van der Waals surface area contributed by atoms with Gasteiger partial charge in [-0.1, -0.05) is 41.9 Å². The molecule has 2 N–H and O–H groups in total. The van der Waals surface area contributed by atoms with Crippen molar-refractivity contribution in [3.8, 4) is 5.75 Å². The van der Waals surface area contributed by atoms with Crippen LogP contribution < -0.4 is 15.4 Å². The van der Waals surface area contributed by atoms with E-state index in [0.717, 1.165) is 11.3 Å². The molecule has 0 aliphatic rings. The van der Waals surface area contributed by atoms with E-state index in [1.807, 2.05) is 0 Å². The monoisotopic (exact) mass is 473 g/mol. The number of carbonyl (C=O) groups is 3. The SMILES string of the molecule is CNC(=O)NC(=O)C(OC(=O)c1sc(COc2ccc(Cl)cc2)nc1C)c1ccccc1. The first-order chi connectivity index (χ1) is 15.4. The fraction of sp³-hybridized carbons (Fsp3) is 0.182. The number of amides is 3. The van der Waals surface area contributed by atoms with Gasteiger partial charge in [0.2, 0.25) is 6.10 Å². The maximum Gasteiger partial charge on any atom is 0.351 e. The van der Waals surface area contributed by atoms with Crippen LogP contribution in [0, 0.1) is 6.92 Å². The lowest BCUT2D eigenvalue weighted by atomic mass is 10.1. The van der Waals surface area contributed by atoms with E-state index >= 15 is 0 Å². The van der Waals surface area contributed by atoms with E-state index in [1.165, 1.54) is 7.05 Å². The minimum atomic E-state index is -1.31. The number of benzene rings is 2. The van der Waals surface area contributed by atoms with Crippen molar-refractivity contribution in [2.45, 2.75) is 19.6 Å². The summed E-state index contributed by atoms with van der Waals surface area (Å²) in [5, 5.41) is 5.59. The van der Waals surface area contributed by atoms with Gasteiger partial charge in [0.1, 0.15) is 22.2 Å². The van der Waals surface area contributed by atoms with Crippen LogP contribution >= 0.6 is 22.9 Å². The predicted molar refractivity (Wildman–Crippen MR) is 120 cm³/mol. The molecule has 3 aromatic rings. The molecule has 1 unspecified atom stereocenters. The first-order valence-electron chi connectivity index (χ1n) is 9.50. The summed E-state index contributed by atoms with van der Waals surface area (Å²) in [5.74, 6) is -0.877. The summed E-state index contributed by atoms with van der Waals surface area (Å²) >= 11 is 6.97. The molecule has 0 aliphatic carbocycles. The van der Waals surface area contributed by atoms with Crippen LogP contribution in [0.1, 0.15) is 32.0 Å². The van der Waals surface area contributed by atoms with Crippen LogP contribution in [0.5, 0.6) is 5.75 Å². The summed E-state index contributed by atoms with van der Waals surface area (Å²) in [6.45, 7) is 1.82. The Hall–Kier alpha value is -3.43. The highest BCUT2D eigenvalue weighted by Gasteiger charge is 2.28. The first kappa shape index (κ1) is 23.2. The van der Waals surface area contributed by atoms with E-state index < -0.39 is 24.0 Å². The molecule has 0 saturated carbocycles. The number of halogens is 1. The summed E-state index contributed by atoms with van der Waals surface area (Å²) in [7, 11) is 1.38. The lowest BCUT2D eigenvalue weighted by Gasteiger charge is -2.17. The number of aromatic nitrogens is 1. The van der Waals surface area contributed by atoms with Crippen molar-refractivity contribution < 1.29 is 23.9 Å². The predicted octanol–water partition coefficient (Wildman–Crippen LogP) is 4.04. The highest BCUT2D eigenvalue weighted by molar-refractivity contribution is 7.13.